The molecule has 110 valence electrons. The standard InChI is InChI=1S/C14H16F2O4/c1-14(2)19-8-11(20-14)7-18-10-4-3-9(6-17)12(5-10)13(15)16/h3-6,11,13H,7-8H2,1-2H3. The van der Waals surface area contributed by atoms with Gasteiger partial charge in [0.2, 0.25) is 0 Å². The van der Waals surface area contributed by atoms with Crippen molar-refractivity contribution in [3.63, 3.8) is 0 Å². The van der Waals surface area contributed by atoms with E-state index in [-0.39, 0.29) is 29.6 Å². The quantitative estimate of drug-likeness (QED) is 0.781. The number of ether oxygens (including phenoxy) is 3. The number of carbonyl (C=O) groups excluding carboxylic acids is 1. The lowest BCUT2D eigenvalue weighted by Gasteiger charge is -2.17. The van der Waals surface area contributed by atoms with Gasteiger partial charge in [-0.25, -0.2) is 8.78 Å². The molecular weight excluding hydrogens is 270 g/mol. The minimum absolute atomic E-state index is 0.0334. The second kappa shape index (κ2) is 5.85. The van der Waals surface area contributed by atoms with Gasteiger partial charge in [-0.3, -0.25) is 4.79 Å². The summed E-state index contributed by atoms with van der Waals surface area (Å²) < 4.78 is 41.9. The van der Waals surface area contributed by atoms with Gasteiger partial charge < -0.3 is 14.2 Å². The third kappa shape index (κ3) is 3.52. The Morgan fingerprint density at radius 3 is 2.80 bits per heavy atom. The summed E-state index contributed by atoms with van der Waals surface area (Å²) in [5, 5.41) is 0. The van der Waals surface area contributed by atoms with E-state index in [1.54, 1.807) is 13.8 Å². The smallest absolute Gasteiger partial charge is 0.264 e. The van der Waals surface area contributed by atoms with Crippen LogP contribution in [0.2, 0.25) is 0 Å². The van der Waals surface area contributed by atoms with Gasteiger partial charge in [-0.2, -0.15) is 0 Å². The van der Waals surface area contributed by atoms with Crippen molar-refractivity contribution < 1.29 is 27.8 Å². The molecule has 6 heteroatoms. The normalized spacial score (nSPS) is 21.1. The Balaban J connectivity index is 2.00. The number of aldehydes is 1. The first-order valence-corrected chi connectivity index (χ1v) is 6.23. The summed E-state index contributed by atoms with van der Waals surface area (Å²) in [6.07, 6.45) is -2.56. The highest BCUT2D eigenvalue weighted by Gasteiger charge is 2.33. The zero-order valence-electron chi connectivity index (χ0n) is 11.3. The molecule has 0 spiro atoms. The van der Waals surface area contributed by atoms with Gasteiger partial charge in [0.15, 0.2) is 12.1 Å². The number of alkyl halides is 2. The Hall–Kier alpha value is -1.53. The van der Waals surface area contributed by atoms with Crippen molar-refractivity contribution >= 4 is 6.29 Å². The van der Waals surface area contributed by atoms with Crippen LogP contribution in [0.1, 0.15) is 36.2 Å². The SMILES string of the molecule is CC1(C)OCC(COc2ccc(C=O)c(C(F)F)c2)O1. The summed E-state index contributed by atoms with van der Waals surface area (Å²) in [5.74, 6) is -0.372. The Labute approximate surface area is 115 Å². The number of benzene rings is 1. The van der Waals surface area contributed by atoms with Crippen molar-refractivity contribution in [1.82, 2.24) is 0 Å². The van der Waals surface area contributed by atoms with Gasteiger partial charge in [0.05, 0.1) is 6.61 Å². The highest BCUT2D eigenvalue weighted by Crippen LogP contribution is 2.27. The molecule has 0 saturated carbocycles. The highest BCUT2D eigenvalue weighted by atomic mass is 19.3. The lowest BCUT2D eigenvalue weighted by molar-refractivity contribution is -0.141. The maximum Gasteiger partial charge on any atom is 0.264 e. The monoisotopic (exact) mass is 286 g/mol. The predicted octanol–water partition coefficient (Wildman–Crippen LogP) is 2.97. The molecule has 1 unspecified atom stereocenters. The molecule has 1 saturated heterocycles. The van der Waals surface area contributed by atoms with E-state index < -0.39 is 12.2 Å². The topological polar surface area (TPSA) is 44.8 Å². The van der Waals surface area contributed by atoms with Crippen LogP contribution in [0, 0.1) is 0 Å². The minimum Gasteiger partial charge on any atom is -0.491 e. The van der Waals surface area contributed by atoms with Crippen LogP contribution in [0.15, 0.2) is 18.2 Å². The van der Waals surface area contributed by atoms with Gasteiger partial charge in [-0.05, 0) is 32.0 Å². The average molecular weight is 286 g/mol. The molecule has 1 fully saturated rings. The molecule has 0 aromatic heterocycles. The van der Waals surface area contributed by atoms with Crippen LogP contribution in [-0.2, 0) is 9.47 Å². The summed E-state index contributed by atoms with van der Waals surface area (Å²) in [6.45, 7) is 4.18. The molecule has 0 radical (unpaired) electrons. The second-order valence-corrected chi connectivity index (χ2v) is 4.97. The Kier molecular flexibility index (Phi) is 4.35. The van der Waals surface area contributed by atoms with E-state index in [1.807, 2.05) is 0 Å². The van der Waals surface area contributed by atoms with E-state index in [2.05, 4.69) is 0 Å². The molecular formula is C14H16F2O4. The third-order valence-corrected chi connectivity index (χ3v) is 2.92. The van der Waals surface area contributed by atoms with Crippen LogP contribution in [0.25, 0.3) is 0 Å². The maximum atomic E-state index is 12.8. The van der Waals surface area contributed by atoms with Crippen LogP contribution in [-0.4, -0.2) is 31.4 Å². The maximum absolute atomic E-state index is 12.8. The van der Waals surface area contributed by atoms with Gasteiger partial charge in [0.1, 0.15) is 18.5 Å². The molecule has 1 heterocycles. The number of carbonyl (C=O) groups is 1. The van der Waals surface area contributed by atoms with Gasteiger partial charge in [-0.1, -0.05) is 0 Å². The summed E-state index contributed by atoms with van der Waals surface area (Å²) in [4.78, 5) is 10.7. The van der Waals surface area contributed by atoms with Gasteiger partial charge >= 0.3 is 0 Å². The Morgan fingerprint density at radius 1 is 1.50 bits per heavy atom. The van der Waals surface area contributed by atoms with Crippen LogP contribution < -0.4 is 4.74 Å². The first-order valence-electron chi connectivity index (χ1n) is 6.23. The zero-order valence-corrected chi connectivity index (χ0v) is 11.3. The number of hydrogen-bond acceptors (Lipinski definition) is 4. The summed E-state index contributed by atoms with van der Waals surface area (Å²) in [7, 11) is 0. The van der Waals surface area contributed by atoms with Gasteiger partial charge in [0.25, 0.3) is 6.43 Å². The van der Waals surface area contributed by atoms with Crippen LogP contribution in [0.3, 0.4) is 0 Å². The van der Waals surface area contributed by atoms with E-state index in [4.69, 9.17) is 14.2 Å². The van der Waals surface area contributed by atoms with Crippen LogP contribution in [0.4, 0.5) is 8.78 Å². The molecule has 0 amide bonds. The van der Waals surface area contributed by atoms with Crippen molar-refractivity contribution in [1.29, 1.82) is 0 Å². The van der Waals surface area contributed by atoms with Crippen molar-refractivity contribution in [2.24, 2.45) is 0 Å². The van der Waals surface area contributed by atoms with Crippen LogP contribution in [0.5, 0.6) is 5.75 Å². The Bertz CT molecular complexity index is 488. The fourth-order valence-electron chi connectivity index (χ4n) is 1.97. The predicted molar refractivity (Wildman–Crippen MR) is 67.2 cm³/mol. The largest absolute Gasteiger partial charge is 0.491 e. The van der Waals surface area contributed by atoms with Crippen molar-refractivity contribution in [2.45, 2.75) is 32.2 Å². The van der Waals surface area contributed by atoms with Crippen molar-refractivity contribution in [2.75, 3.05) is 13.2 Å². The highest BCUT2D eigenvalue weighted by molar-refractivity contribution is 5.77. The summed E-state index contributed by atoms with van der Waals surface area (Å²) >= 11 is 0. The number of rotatable bonds is 5. The summed E-state index contributed by atoms with van der Waals surface area (Å²) in [5.41, 5.74) is -0.365. The lowest BCUT2D eigenvalue weighted by atomic mass is 10.1. The minimum atomic E-state index is -2.72. The molecule has 1 aromatic carbocycles. The molecule has 20 heavy (non-hydrogen) atoms. The van der Waals surface area contributed by atoms with Gasteiger partial charge in [0, 0.05) is 11.1 Å². The molecule has 2 rings (SSSR count). The molecule has 0 N–H and O–H groups in total. The van der Waals surface area contributed by atoms with E-state index in [0.717, 1.165) is 0 Å². The second-order valence-electron chi connectivity index (χ2n) is 4.97. The molecule has 1 atom stereocenters. The first kappa shape index (κ1) is 14.9. The van der Waals surface area contributed by atoms with E-state index >= 15 is 0 Å². The molecule has 1 aliphatic rings. The van der Waals surface area contributed by atoms with Crippen LogP contribution >= 0.6 is 0 Å². The molecule has 0 aliphatic carbocycles. The number of hydrogen-bond donors (Lipinski definition) is 0. The molecule has 4 nitrogen and oxygen atoms in total. The fourth-order valence-corrected chi connectivity index (χ4v) is 1.97. The first-order chi connectivity index (χ1) is 9.41. The van der Waals surface area contributed by atoms with E-state index in [9.17, 15) is 13.6 Å². The van der Waals surface area contributed by atoms with E-state index in [1.165, 1.54) is 18.2 Å². The lowest BCUT2D eigenvalue weighted by Crippen LogP contribution is -2.25. The van der Waals surface area contributed by atoms with E-state index in [0.29, 0.717) is 12.9 Å². The fraction of sp³-hybridized carbons (Fsp3) is 0.500. The van der Waals surface area contributed by atoms with Crippen molar-refractivity contribution in [3.05, 3.63) is 29.3 Å². The molecule has 1 aromatic rings. The third-order valence-electron chi connectivity index (χ3n) is 2.92. The van der Waals surface area contributed by atoms with Crippen molar-refractivity contribution in [3.8, 4) is 5.75 Å². The van der Waals surface area contributed by atoms with Gasteiger partial charge in [-0.15, -0.1) is 0 Å². The molecule has 1 aliphatic heterocycles. The summed E-state index contributed by atoms with van der Waals surface area (Å²) in [6, 6.07) is 3.98. The average Bonchev–Trinajstić information content (AvgIpc) is 2.75. The zero-order chi connectivity index (χ0) is 14.8. The Morgan fingerprint density at radius 2 is 2.25 bits per heavy atom. The molecule has 0 bridgehead atoms. The number of halogens is 2.